The summed E-state index contributed by atoms with van der Waals surface area (Å²) in [5, 5.41) is 10.9. The van der Waals surface area contributed by atoms with Crippen molar-refractivity contribution in [3.05, 3.63) is 27.7 Å². The summed E-state index contributed by atoms with van der Waals surface area (Å²) in [5.41, 5.74) is 5.79. The standard InChI is InChI=1S/C11H13Cl2NO2.ClH/c1-11(2)10(14)8(15)6-3-5(12)4-7(13)9(6)16-11;/h3-4,8,10,15H,14H2,1-2H3;1H. The Morgan fingerprint density at radius 1 is 1.35 bits per heavy atom. The zero-order valence-electron chi connectivity index (χ0n) is 9.41. The lowest BCUT2D eigenvalue weighted by molar-refractivity contribution is -0.0116. The van der Waals surface area contributed by atoms with Crippen molar-refractivity contribution in [2.45, 2.75) is 31.6 Å². The average Bonchev–Trinajstić information content (AvgIpc) is 2.17. The second-order valence-electron chi connectivity index (χ2n) is 4.48. The Morgan fingerprint density at radius 3 is 2.53 bits per heavy atom. The number of benzene rings is 1. The fourth-order valence-corrected chi connectivity index (χ4v) is 2.36. The Kier molecular flexibility index (Phi) is 4.22. The van der Waals surface area contributed by atoms with E-state index < -0.39 is 17.7 Å². The zero-order chi connectivity index (χ0) is 12.1. The van der Waals surface area contributed by atoms with Crippen molar-refractivity contribution in [3.63, 3.8) is 0 Å². The highest BCUT2D eigenvalue weighted by atomic mass is 35.5. The van der Waals surface area contributed by atoms with Gasteiger partial charge in [-0.25, -0.2) is 0 Å². The molecule has 0 fully saturated rings. The molecule has 2 atom stereocenters. The number of hydrogen-bond acceptors (Lipinski definition) is 3. The van der Waals surface area contributed by atoms with Gasteiger partial charge in [-0.3, -0.25) is 0 Å². The van der Waals surface area contributed by atoms with Gasteiger partial charge in [0.15, 0.2) is 0 Å². The van der Waals surface area contributed by atoms with Crippen LogP contribution in [0.1, 0.15) is 25.5 Å². The second kappa shape index (κ2) is 4.82. The van der Waals surface area contributed by atoms with E-state index in [0.29, 0.717) is 21.4 Å². The lowest BCUT2D eigenvalue weighted by Gasteiger charge is -2.41. The molecule has 0 aromatic heterocycles. The molecule has 0 radical (unpaired) electrons. The average molecular weight is 299 g/mol. The molecule has 96 valence electrons. The molecule has 0 amide bonds. The summed E-state index contributed by atoms with van der Waals surface area (Å²) >= 11 is 11.9. The fourth-order valence-electron chi connectivity index (χ4n) is 1.81. The molecule has 1 aliphatic heterocycles. The van der Waals surface area contributed by atoms with Crippen LogP contribution in [0.5, 0.6) is 5.75 Å². The van der Waals surface area contributed by atoms with Crippen LogP contribution >= 0.6 is 35.6 Å². The van der Waals surface area contributed by atoms with Gasteiger partial charge in [-0.2, -0.15) is 0 Å². The van der Waals surface area contributed by atoms with Crippen molar-refractivity contribution >= 4 is 35.6 Å². The monoisotopic (exact) mass is 297 g/mol. The van der Waals surface area contributed by atoms with Crippen LogP contribution in [-0.4, -0.2) is 16.7 Å². The first-order chi connectivity index (χ1) is 7.33. The van der Waals surface area contributed by atoms with Crippen LogP contribution in [0.3, 0.4) is 0 Å². The van der Waals surface area contributed by atoms with Gasteiger partial charge in [0.2, 0.25) is 0 Å². The first kappa shape index (κ1) is 14.9. The van der Waals surface area contributed by atoms with Gasteiger partial charge in [-0.05, 0) is 26.0 Å². The molecular weight excluding hydrogens is 284 g/mol. The summed E-state index contributed by atoms with van der Waals surface area (Å²) in [5.74, 6) is 0.463. The zero-order valence-corrected chi connectivity index (χ0v) is 11.7. The molecule has 0 aliphatic carbocycles. The summed E-state index contributed by atoms with van der Waals surface area (Å²) < 4.78 is 5.71. The van der Waals surface area contributed by atoms with Crippen LogP contribution in [0.15, 0.2) is 12.1 Å². The minimum atomic E-state index is -0.824. The molecule has 0 saturated carbocycles. The van der Waals surface area contributed by atoms with E-state index in [1.807, 2.05) is 13.8 Å². The minimum Gasteiger partial charge on any atom is -0.484 e. The van der Waals surface area contributed by atoms with E-state index in [1.165, 1.54) is 0 Å². The first-order valence-corrected chi connectivity index (χ1v) is 5.70. The molecule has 0 saturated heterocycles. The van der Waals surface area contributed by atoms with Gasteiger partial charge >= 0.3 is 0 Å². The second-order valence-corrected chi connectivity index (χ2v) is 5.33. The van der Waals surface area contributed by atoms with Gasteiger partial charge in [0, 0.05) is 10.6 Å². The van der Waals surface area contributed by atoms with Gasteiger partial charge in [0.05, 0.1) is 11.1 Å². The molecule has 0 spiro atoms. The maximum absolute atomic E-state index is 10.1. The molecule has 17 heavy (non-hydrogen) atoms. The lowest BCUT2D eigenvalue weighted by atomic mass is 9.87. The van der Waals surface area contributed by atoms with Crippen molar-refractivity contribution in [1.82, 2.24) is 0 Å². The number of nitrogens with two attached hydrogens (primary N) is 1. The van der Waals surface area contributed by atoms with Crippen LogP contribution < -0.4 is 10.5 Å². The van der Waals surface area contributed by atoms with Crippen molar-refractivity contribution in [3.8, 4) is 5.75 Å². The summed E-state index contributed by atoms with van der Waals surface area (Å²) in [6.45, 7) is 3.63. The van der Waals surface area contributed by atoms with Gasteiger partial charge in [0.1, 0.15) is 17.5 Å². The van der Waals surface area contributed by atoms with Crippen LogP contribution in [0.25, 0.3) is 0 Å². The minimum absolute atomic E-state index is 0. The molecule has 2 rings (SSSR count). The van der Waals surface area contributed by atoms with Crippen molar-refractivity contribution in [2.75, 3.05) is 0 Å². The maximum atomic E-state index is 10.1. The highest BCUT2D eigenvalue weighted by Gasteiger charge is 2.41. The first-order valence-electron chi connectivity index (χ1n) is 4.94. The predicted octanol–water partition coefficient (Wildman–Crippen LogP) is 2.95. The molecular formula is C11H14Cl3NO2. The van der Waals surface area contributed by atoms with Gasteiger partial charge in [-0.15, -0.1) is 12.4 Å². The Balaban J connectivity index is 0.00000144. The maximum Gasteiger partial charge on any atom is 0.144 e. The molecule has 1 heterocycles. The Labute approximate surface area is 116 Å². The van der Waals surface area contributed by atoms with E-state index in [2.05, 4.69) is 0 Å². The summed E-state index contributed by atoms with van der Waals surface area (Å²) in [4.78, 5) is 0. The van der Waals surface area contributed by atoms with Crippen molar-refractivity contribution < 1.29 is 9.84 Å². The third-order valence-corrected chi connectivity index (χ3v) is 3.36. The predicted molar refractivity (Wildman–Crippen MR) is 71.4 cm³/mol. The van der Waals surface area contributed by atoms with Crippen LogP contribution in [0.2, 0.25) is 10.0 Å². The fraction of sp³-hybridized carbons (Fsp3) is 0.455. The quantitative estimate of drug-likeness (QED) is 0.774. The molecule has 3 nitrogen and oxygen atoms in total. The molecule has 6 heteroatoms. The van der Waals surface area contributed by atoms with E-state index >= 15 is 0 Å². The largest absolute Gasteiger partial charge is 0.484 e. The Bertz CT molecular complexity index is 437. The Hall–Kier alpha value is -0.190. The van der Waals surface area contributed by atoms with Gasteiger partial charge < -0.3 is 15.6 Å². The van der Waals surface area contributed by atoms with Crippen LogP contribution in [0, 0.1) is 0 Å². The highest BCUT2D eigenvalue weighted by molar-refractivity contribution is 6.35. The topological polar surface area (TPSA) is 55.5 Å². The number of halogens is 3. The number of rotatable bonds is 0. The van der Waals surface area contributed by atoms with Crippen molar-refractivity contribution in [1.29, 1.82) is 0 Å². The molecule has 3 N–H and O–H groups in total. The molecule has 1 aromatic rings. The van der Waals surface area contributed by atoms with E-state index in [0.717, 1.165) is 0 Å². The summed E-state index contributed by atoms with van der Waals surface area (Å²) in [7, 11) is 0. The smallest absolute Gasteiger partial charge is 0.144 e. The van der Waals surface area contributed by atoms with E-state index in [-0.39, 0.29) is 12.4 Å². The SMILES string of the molecule is CC1(C)Oc2c(Cl)cc(Cl)cc2C(O)C1N.Cl. The third kappa shape index (κ3) is 2.49. The number of fused-ring (bicyclic) bond motifs is 1. The van der Waals surface area contributed by atoms with E-state index in [9.17, 15) is 5.11 Å². The Morgan fingerprint density at radius 2 is 1.94 bits per heavy atom. The number of ether oxygens (including phenoxy) is 1. The number of hydrogen-bond donors (Lipinski definition) is 2. The third-order valence-electron chi connectivity index (χ3n) is 2.86. The molecule has 0 bridgehead atoms. The molecule has 2 unspecified atom stereocenters. The van der Waals surface area contributed by atoms with Crippen LogP contribution in [-0.2, 0) is 0 Å². The number of aliphatic hydroxyl groups is 1. The lowest BCUT2D eigenvalue weighted by Crippen LogP contribution is -2.54. The van der Waals surface area contributed by atoms with Crippen molar-refractivity contribution in [2.24, 2.45) is 5.73 Å². The summed E-state index contributed by atoms with van der Waals surface area (Å²) in [6.07, 6.45) is -0.824. The number of aliphatic hydroxyl groups excluding tert-OH is 1. The molecule has 1 aliphatic rings. The molecule has 1 aromatic carbocycles. The van der Waals surface area contributed by atoms with E-state index in [1.54, 1.807) is 12.1 Å². The van der Waals surface area contributed by atoms with E-state index in [4.69, 9.17) is 33.7 Å². The van der Waals surface area contributed by atoms with Crippen LogP contribution in [0.4, 0.5) is 0 Å². The highest BCUT2D eigenvalue weighted by Crippen LogP contribution is 2.44. The van der Waals surface area contributed by atoms with Gasteiger partial charge in [-0.1, -0.05) is 23.2 Å². The van der Waals surface area contributed by atoms with Gasteiger partial charge in [0.25, 0.3) is 0 Å². The summed E-state index contributed by atoms with van der Waals surface area (Å²) in [6, 6.07) is 2.69. The normalized spacial score (nSPS) is 25.5.